The molecule has 2 heterocycles. The fraction of sp³-hybridized carbons (Fsp3) is 0.970. The van der Waals surface area contributed by atoms with Gasteiger partial charge in [-0.2, -0.15) is 0 Å². The van der Waals surface area contributed by atoms with Gasteiger partial charge in [-0.3, -0.25) is 14.7 Å². The first-order chi connectivity index (χ1) is 38.3. The Morgan fingerprint density at radius 3 is 1.10 bits per heavy atom. The van der Waals surface area contributed by atoms with Crippen molar-refractivity contribution in [1.82, 2.24) is 19.6 Å². The summed E-state index contributed by atoms with van der Waals surface area (Å²) in [6.45, 7) is 19.5. The van der Waals surface area contributed by atoms with E-state index in [0.717, 1.165) is 135 Å². The maximum absolute atomic E-state index is 11.2. The maximum Gasteiger partial charge on any atom is 0.116 e. The van der Waals surface area contributed by atoms with Crippen LogP contribution >= 0.6 is 21.6 Å². The van der Waals surface area contributed by atoms with Gasteiger partial charge in [0.25, 0.3) is 0 Å². The first kappa shape index (κ1) is 73.9. The number of unbranched alkanes of at least 4 members (excludes halogenated alkanes) is 32. The molecular weight excluding hydrogens is 1000 g/mol. The molecule has 1 saturated heterocycles. The number of allylic oxidation sites excluding steroid dienone is 1. The minimum absolute atomic E-state index is 0.313. The summed E-state index contributed by atoms with van der Waals surface area (Å²) >= 11 is 0. The van der Waals surface area contributed by atoms with Crippen molar-refractivity contribution in [3.8, 4) is 0 Å². The predicted octanol–water partition coefficient (Wildman–Crippen LogP) is 17.1. The molecule has 11 heteroatoms. The normalized spacial score (nSPS) is 15.9. The highest BCUT2D eigenvalue weighted by Gasteiger charge is 2.28. The van der Waals surface area contributed by atoms with Crippen LogP contribution in [0, 0.1) is 0 Å². The number of aliphatic hydroxyl groups is 4. The smallest absolute Gasteiger partial charge is 0.116 e. The first-order valence-corrected chi connectivity index (χ1v) is 37.0. The molecule has 4 unspecified atom stereocenters. The Bertz CT molecular complexity index is 1240. The summed E-state index contributed by atoms with van der Waals surface area (Å²) in [7, 11) is 4.00. The molecule has 0 aromatic heterocycles. The van der Waals surface area contributed by atoms with Gasteiger partial charge in [0.15, 0.2) is 0 Å². The Morgan fingerprint density at radius 1 is 0.397 bits per heavy atom. The molecule has 4 atom stereocenters. The SMILES string of the molecule is CCCCCCCCCCCCC(O)CN(CCCSSCCN1CCN2CCOC(CCCN(CC(O)CCCCCCCCCC)CC(O)CCCCCCCCCC)=C2C1)CC(O)CCCCCCCCCCCC. The van der Waals surface area contributed by atoms with Crippen LogP contribution in [0.1, 0.15) is 304 Å². The van der Waals surface area contributed by atoms with Crippen molar-refractivity contribution < 1.29 is 25.2 Å². The van der Waals surface area contributed by atoms with Gasteiger partial charge in [0.05, 0.1) is 36.7 Å². The molecule has 2 aliphatic heterocycles. The van der Waals surface area contributed by atoms with Crippen molar-refractivity contribution in [1.29, 1.82) is 0 Å². The molecule has 0 radical (unpaired) electrons. The van der Waals surface area contributed by atoms with E-state index in [2.05, 4.69) is 47.3 Å². The summed E-state index contributed by atoms with van der Waals surface area (Å²) in [6.07, 6.45) is 51.9. The number of ether oxygens (including phenoxy) is 1. The quantitative estimate of drug-likeness (QED) is 0.0346. The summed E-state index contributed by atoms with van der Waals surface area (Å²) in [5.41, 5.74) is 1.38. The third kappa shape index (κ3) is 43.4. The van der Waals surface area contributed by atoms with Crippen molar-refractivity contribution in [2.24, 2.45) is 0 Å². The van der Waals surface area contributed by atoms with E-state index in [1.54, 1.807) is 0 Å². The van der Waals surface area contributed by atoms with E-state index in [-0.39, 0.29) is 24.4 Å². The monoisotopic (exact) mass is 1140 g/mol. The van der Waals surface area contributed by atoms with Gasteiger partial charge in [-0.05, 0) is 51.6 Å². The number of piperazine rings is 1. The standard InChI is InChI=1S/C67H134N4O5S2/c1-5-9-13-17-21-25-27-31-35-39-45-64(74)59-70(60-65(75)46-40-36-32-28-26-22-18-14-10-6-2)49-42-55-77-78-56-53-68-50-51-71-52-54-76-67(66(71)61-68)47-41-48-69(57-62(72)43-37-33-29-23-19-15-11-7-3)58-63(73)44-38-34-30-24-20-16-12-8-4/h62-65,72-75H,5-61H2,1-4H3. The van der Waals surface area contributed by atoms with Crippen LogP contribution in [-0.4, -0.2) is 155 Å². The predicted molar refractivity (Wildman–Crippen MR) is 344 cm³/mol. The second-order valence-corrected chi connectivity index (χ2v) is 27.4. The topological polar surface area (TPSA) is 103 Å². The number of aliphatic hydroxyl groups excluding tert-OH is 4. The second-order valence-electron chi connectivity index (χ2n) is 24.7. The van der Waals surface area contributed by atoms with E-state index in [1.807, 2.05) is 21.6 Å². The average molecular weight is 1140 g/mol. The number of rotatable bonds is 60. The number of hydrogen-bond donors (Lipinski definition) is 4. The van der Waals surface area contributed by atoms with Crippen molar-refractivity contribution in [2.45, 2.75) is 328 Å². The first-order valence-electron chi connectivity index (χ1n) is 34.5. The molecule has 0 amide bonds. The van der Waals surface area contributed by atoms with Crippen LogP contribution in [0.4, 0.5) is 0 Å². The Labute approximate surface area is 493 Å². The molecule has 0 bridgehead atoms. The molecule has 2 aliphatic rings. The zero-order chi connectivity index (χ0) is 56.2. The number of fused-ring (bicyclic) bond motifs is 1. The van der Waals surface area contributed by atoms with E-state index in [0.29, 0.717) is 26.2 Å². The largest absolute Gasteiger partial charge is 0.494 e. The van der Waals surface area contributed by atoms with Gasteiger partial charge in [0.2, 0.25) is 0 Å². The lowest BCUT2D eigenvalue weighted by Crippen LogP contribution is -2.48. The van der Waals surface area contributed by atoms with Crippen LogP contribution in [-0.2, 0) is 4.74 Å². The average Bonchev–Trinajstić information content (AvgIpc) is 3.44. The van der Waals surface area contributed by atoms with Crippen LogP contribution in [0.3, 0.4) is 0 Å². The molecule has 78 heavy (non-hydrogen) atoms. The van der Waals surface area contributed by atoms with E-state index >= 15 is 0 Å². The van der Waals surface area contributed by atoms with Gasteiger partial charge in [-0.1, -0.05) is 280 Å². The van der Waals surface area contributed by atoms with Crippen molar-refractivity contribution in [3.63, 3.8) is 0 Å². The van der Waals surface area contributed by atoms with Crippen LogP contribution in [0.15, 0.2) is 11.5 Å². The molecule has 0 aliphatic carbocycles. The highest BCUT2D eigenvalue weighted by atomic mass is 33.1. The minimum atomic E-state index is -0.340. The Balaban J connectivity index is 1.82. The number of nitrogens with zero attached hydrogens (tertiary/aromatic N) is 4. The van der Waals surface area contributed by atoms with Crippen molar-refractivity contribution in [3.05, 3.63) is 11.5 Å². The van der Waals surface area contributed by atoms with Crippen LogP contribution in [0.5, 0.6) is 0 Å². The van der Waals surface area contributed by atoms with Crippen LogP contribution < -0.4 is 0 Å². The molecule has 2 rings (SSSR count). The molecule has 464 valence electrons. The van der Waals surface area contributed by atoms with E-state index in [9.17, 15) is 20.4 Å². The zero-order valence-corrected chi connectivity index (χ0v) is 54.0. The third-order valence-corrected chi connectivity index (χ3v) is 19.5. The van der Waals surface area contributed by atoms with Crippen molar-refractivity contribution >= 4 is 21.6 Å². The van der Waals surface area contributed by atoms with Gasteiger partial charge in [-0.15, -0.1) is 0 Å². The summed E-state index contributed by atoms with van der Waals surface area (Å²) in [5, 5.41) is 44.8. The minimum Gasteiger partial charge on any atom is -0.494 e. The highest BCUT2D eigenvalue weighted by molar-refractivity contribution is 8.76. The maximum atomic E-state index is 11.2. The van der Waals surface area contributed by atoms with Gasteiger partial charge in [-0.25, -0.2) is 0 Å². The molecule has 0 aromatic carbocycles. The third-order valence-electron chi connectivity index (χ3n) is 17.0. The molecule has 1 fully saturated rings. The summed E-state index contributed by atoms with van der Waals surface area (Å²) in [4.78, 5) is 9.94. The zero-order valence-electron chi connectivity index (χ0n) is 52.4. The van der Waals surface area contributed by atoms with Gasteiger partial charge in [0, 0.05) is 70.3 Å². The highest BCUT2D eigenvalue weighted by Crippen LogP contribution is 2.28. The molecule has 4 N–H and O–H groups in total. The molecule has 0 saturated carbocycles. The van der Waals surface area contributed by atoms with Crippen LogP contribution in [0.25, 0.3) is 0 Å². The Kier molecular flexibility index (Phi) is 51.8. The molecule has 0 aromatic rings. The van der Waals surface area contributed by atoms with E-state index in [1.165, 1.54) is 217 Å². The fourth-order valence-corrected chi connectivity index (χ4v) is 14.1. The van der Waals surface area contributed by atoms with Gasteiger partial charge in [0.1, 0.15) is 12.4 Å². The summed E-state index contributed by atoms with van der Waals surface area (Å²) in [5.74, 6) is 3.36. The lowest BCUT2D eigenvalue weighted by Gasteiger charge is -2.41. The van der Waals surface area contributed by atoms with E-state index in [4.69, 9.17) is 4.74 Å². The molecular formula is C67H134N4O5S2. The van der Waals surface area contributed by atoms with E-state index < -0.39 is 0 Å². The van der Waals surface area contributed by atoms with Crippen molar-refractivity contribution in [2.75, 3.05) is 90.1 Å². The molecule has 0 spiro atoms. The summed E-state index contributed by atoms with van der Waals surface area (Å²) in [6, 6.07) is 0. The van der Waals surface area contributed by atoms with Gasteiger partial charge < -0.3 is 30.1 Å². The van der Waals surface area contributed by atoms with Crippen LogP contribution in [0.2, 0.25) is 0 Å². The summed E-state index contributed by atoms with van der Waals surface area (Å²) < 4.78 is 6.44. The lowest BCUT2D eigenvalue weighted by atomic mass is 10.0. The Hall–Kier alpha value is -0.240. The molecule has 9 nitrogen and oxygen atoms in total. The Morgan fingerprint density at radius 2 is 0.731 bits per heavy atom. The second kappa shape index (κ2) is 54.7. The number of hydrogen-bond acceptors (Lipinski definition) is 11. The fourth-order valence-electron chi connectivity index (χ4n) is 12.0. The van der Waals surface area contributed by atoms with Gasteiger partial charge >= 0.3 is 0 Å². The lowest BCUT2D eigenvalue weighted by molar-refractivity contribution is 0.0568.